The van der Waals surface area contributed by atoms with Gasteiger partial charge in [0, 0.05) is 34.4 Å². The molecule has 1 aliphatic carbocycles. The van der Waals surface area contributed by atoms with Crippen molar-refractivity contribution in [2.24, 2.45) is 10.4 Å². The second-order valence-corrected chi connectivity index (χ2v) is 6.12. The van der Waals surface area contributed by atoms with Gasteiger partial charge in [-0.2, -0.15) is 0 Å². The maximum atomic E-state index is 5.21. The summed E-state index contributed by atoms with van der Waals surface area (Å²) >= 11 is 0. The molecule has 1 aromatic rings. The van der Waals surface area contributed by atoms with E-state index in [2.05, 4.69) is 34.5 Å². The Balaban J connectivity index is 0.00000242. The molecular formula is C17H28IN3O. The molecule has 1 saturated carbocycles. The summed E-state index contributed by atoms with van der Waals surface area (Å²) in [6.45, 7) is 2.55. The molecule has 1 aliphatic rings. The van der Waals surface area contributed by atoms with Crippen molar-refractivity contribution >= 4 is 29.9 Å². The van der Waals surface area contributed by atoms with E-state index < -0.39 is 0 Å². The Labute approximate surface area is 151 Å². The number of hydrogen-bond donors (Lipinski definition) is 1. The molecule has 1 fully saturated rings. The van der Waals surface area contributed by atoms with Gasteiger partial charge in [0.05, 0.1) is 6.54 Å². The standard InChI is InChI=1S/C17H27N3O.HI/c1-20(2)16(18-13-15-7-5-4-6-8-15)19-14-17(9-10-17)11-12-21-3;/h4-8H,9-14H2,1-3H3,(H,18,19);1H. The van der Waals surface area contributed by atoms with Crippen LogP contribution in [0.4, 0.5) is 0 Å². The van der Waals surface area contributed by atoms with Crippen molar-refractivity contribution in [3.8, 4) is 0 Å². The Hall–Kier alpha value is -0.820. The smallest absolute Gasteiger partial charge is 0.193 e. The van der Waals surface area contributed by atoms with Gasteiger partial charge in [0.25, 0.3) is 0 Å². The number of hydrogen-bond acceptors (Lipinski definition) is 2. The van der Waals surface area contributed by atoms with Crippen LogP contribution in [-0.4, -0.2) is 45.2 Å². The molecule has 1 aromatic carbocycles. The minimum atomic E-state index is 0. The zero-order valence-electron chi connectivity index (χ0n) is 13.8. The van der Waals surface area contributed by atoms with Crippen molar-refractivity contribution < 1.29 is 4.74 Å². The number of ether oxygens (including phenoxy) is 1. The molecular weight excluding hydrogens is 389 g/mol. The van der Waals surface area contributed by atoms with E-state index in [4.69, 9.17) is 9.73 Å². The van der Waals surface area contributed by atoms with Crippen molar-refractivity contribution in [3.05, 3.63) is 35.9 Å². The highest BCUT2D eigenvalue weighted by Crippen LogP contribution is 2.48. The minimum Gasteiger partial charge on any atom is -0.385 e. The minimum absolute atomic E-state index is 0. The van der Waals surface area contributed by atoms with Crippen LogP contribution in [0.1, 0.15) is 24.8 Å². The third-order valence-electron chi connectivity index (χ3n) is 4.09. The van der Waals surface area contributed by atoms with Crippen LogP contribution >= 0.6 is 24.0 Å². The van der Waals surface area contributed by atoms with Crippen LogP contribution in [-0.2, 0) is 11.3 Å². The number of nitrogens with zero attached hydrogens (tertiary/aromatic N) is 2. The number of rotatable bonds is 7. The summed E-state index contributed by atoms with van der Waals surface area (Å²) in [6, 6.07) is 10.4. The Bertz CT molecular complexity index is 458. The van der Waals surface area contributed by atoms with E-state index in [1.807, 2.05) is 20.2 Å². The van der Waals surface area contributed by atoms with Crippen molar-refractivity contribution in [2.45, 2.75) is 25.8 Å². The van der Waals surface area contributed by atoms with E-state index >= 15 is 0 Å². The van der Waals surface area contributed by atoms with Gasteiger partial charge in [-0.05, 0) is 30.2 Å². The molecule has 2 rings (SSSR count). The van der Waals surface area contributed by atoms with Gasteiger partial charge < -0.3 is 15.0 Å². The topological polar surface area (TPSA) is 36.9 Å². The number of nitrogens with one attached hydrogen (secondary N) is 1. The van der Waals surface area contributed by atoms with E-state index in [1.54, 1.807) is 7.11 Å². The molecule has 0 amide bonds. The quantitative estimate of drug-likeness (QED) is 0.421. The number of benzene rings is 1. The van der Waals surface area contributed by atoms with Crippen LogP contribution in [0.3, 0.4) is 0 Å². The van der Waals surface area contributed by atoms with Crippen LogP contribution in [0.25, 0.3) is 0 Å². The summed E-state index contributed by atoms with van der Waals surface area (Å²) in [4.78, 5) is 6.76. The number of aliphatic imine (C=N–C) groups is 1. The second-order valence-electron chi connectivity index (χ2n) is 6.12. The Morgan fingerprint density at radius 2 is 1.95 bits per heavy atom. The van der Waals surface area contributed by atoms with E-state index in [1.165, 1.54) is 18.4 Å². The molecule has 22 heavy (non-hydrogen) atoms. The van der Waals surface area contributed by atoms with Gasteiger partial charge >= 0.3 is 0 Å². The van der Waals surface area contributed by atoms with E-state index in [0.29, 0.717) is 12.0 Å². The van der Waals surface area contributed by atoms with Gasteiger partial charge in [-0.25, -0.2) is 4.99 Å². The first kappa shape index (κ1) is 19.2. The predicted octanol–water partition coefficient (Wildman–Crippen LogP) is 3.13. The highest BCUT2D eigenvalue weighted by Gasteiger charge is 2.41. The molecule has 0 bridgehead atoms. The summed E-state index contributed by atoms with van der Waals surface area (Å²) in [7, 11) is 5.84. The Morgan fingerprint density at radius 1 is 1.27 bits per heavy atom. The number of methoxy groups -OCH3 is 1. The third kappa shape index (κ3) is 6.12. The lowest BCUT2D eigenvalue weighted by atomic mass is 10.0. The van der Waals surface area contributed by atoms with E-state index in [9.17, 15) is 0 Å². The molecule has 4 nitrogen and oxygen atoms in total. The van der Waals surface area contributed by atoms with E-state index in [0.717, 1.165) is 25.5 Å². The van der Waals surface area contributed by atoms with Gasteiger partial charge in [0.15, 0.2) is 5.96 Å². The van der Waals surface area contributed by atoms with Gasteiger partial charge in [-0.1, -0.05) is 30.3 Å². The fourth-order valence-electron chi connectivity index (χ4n) is 2.38. The first-order valence-electron chi connectivity index (χ1n) is 7.64. The maximum absolute atomic E-state index is 5.21. The zero-order chi connectivity index (χ0) is 15.1. The average Bonchev–Trinajstić information content (AvgIpc) is 3.26. The zero-order valence-corrected chi connectivity index (χ0v) is 16.2. The number of halogens is 1. The van der Waals surface area contributed by atoms with Crippen molar-refractivity contribution in [2.75, 3.05) is 34.4 Å². The fraction of sp³-hybridized carbons (Fsp3) is 0.588. The summed E-state index contributed by atoms with van der Waals surface area (Å²) in [5.74, 6) is 0.961. The monoisotopic (exact) mass is 417 g/mol. The molecule has 124 valence electrons. The molecule has 0 aliphatic heterocycles. The second kappa shape index (κ2) is 9.35. The van der Waals surface area contributed by atoms with Crippen molar-refractivity contribution in [3.63, 3.8) is 0 Å². The molecule has 0 unspecified atom stereocenters. The van der Waals surface area contributed by atoms with Crippen LogP contribution in [0, 0.1) is 5.41 Å². The molecule has 0 saturated heterocycles. The summed E-state index contributed by atoms with van der Waals surface area (Å²) < 4.78 is 5.21. The first-order chi connectivity index (χ1) is 10.2. The van der Waals surface area contributed by atoms with Gasteiger partial charge in [-0.15, -0.1) is 24.0 Å². The normalized spacial score (nSPS) is 15.9. The lowest BCUT2D eigenvalue weighted by Crippen LogP contribution is -2.39. The van der Waals surface area contributed by atoms with E-state index in [-0.39, 0.29) is 24.0 Å². The molecule has 0 spiro atoms. The van der Waals surface area contributed by atoms with Gasteiger partial charge in [-0.3, -0.25) is 0 Å². The summed E-state index contributed by atoms with van der Waals surface area (Å²) in [5.41, 5.74) is 1.67. The maximum Gasteiger partial charge on any atom is 0.193 e. The van der Waals surface area contributed by atoms with Crippen molar-refractivity contribution in [1.29, 1.82) is 0 Å². The molecule has 5 heteroatoms. The fourth-order valence-corrected chi connectivity index (χ4v) is 2.38. The summed E-state index contributed by atoms with van der Waals surface area (Å²) in [5, 5.41) is 3.52. The molecule has 0 aromatic heterocycles. The van der Waals surface area contributed by atoms with Crippen LogP contribution < -0.4 is 5.32 Å². The molecule has 0 atom stereocenters. The Morgan fingerprint density at radius 3 is 2.50 bits per heavy atom. The van der Waals surface area contributed by atoms with Crippen molar-refractivity contribution in [1.82, 2.24) is 10.2 Å². The molecule has 1 N–H and O–H groups in total. The first-order valence-corrected chi connectivity index (χ1v) is 7.64. The summed E-state index contributed by atoms with van der Waals surface area (Å²) in [6.07, 6.45) is 3.72. The van der Waals surface area contributed by atoms with Gasteiger partial charge in [0.1, 0.15) is 0 Å². The SMILES string of the molecule is COCCC1(CNC(=NCc2ccccc2)N(C)C)CC1.I. The lowest BCUT2D eigenvalue weighted by Gasteiger charge is -2.21. The molecule has 0 heterocycles. The van der Waals surface area contributed by atoms with Gasteiger partial charge in [0.2, 0.25) is 0 Å². The van der Waals surface area contributed by atoms with Crippen LogP contribution in [0.2, 0.25) is 0 Å². The third-order valence-corrected chi connectivity index (χ3v) is 4.09. The highest BCUT2D eigenvalue weighted by molar-refractivity contribution is 14.0. The Kier molecular flexibility index (Phi) is 8.17. The van der Waals surface area contributed by atoms with Crippen LogP contribution in [0.15, 0.2) is 35.3 Å². The molecule has 0 radical (unpaired) electrons. The largest absolute Gasteiger partial charge is 0.385 e. The highest BCUT2D eigenvalue weighted by atomic mass is 127. The predicted molar refractivity (Wildman–Crippen MR) is 103 cm³/mol. The average molecular weight is 417 g/mol. The lowest BCUT2D eigenvalue weighted by molar-refractivity contribution is 0.172. The van der Waals surface area contributed by atoms with Crippen LogP contribution in [0.5, 0.6) is 0 Å². The number of guanidine groups is 1.